The Kier molecular flexibility index (Phi) is 4.97. The number of carbonyl (C=O) groups is 1. The van der Waals surface area contributed by atoms with Gasteiger partial charge in [-0.25, -0.2) is 8.42 Å². The number of amides is 1. The van der Waals surface area contributed by atoms with Crippen LogP contribution in [0.3, 0.4) is 0 Å². The second-order valence-electron chi connectivity index (χ2n) is 5.29. The smallest absolute Gasteiger partial charge is 0.257 e. The Morgan fingerprint density at radius 3 is 2.26 bits per heavy atom. The fourth-order valence-corrected chi connectivity index (χ4v) is 2.93. The first-order valence-corrected chi connectivity index (χ1v) is 9.09. The highest BCUT2D eigenvalue weighted by Gasteiger charge is 2.14. The molecule has 0 aliphatic rings. The molecule has 0 radical (unpaired) electrons. The first kappa shape index (κ1) is 17.3. The van der Waals surface area contributed by atoms with Gasteiger partial charge in [0.05, 0.1) is 16.8 Å². The number of nitrogens with one attached hydrogen (secondary N) is 2. The molecule has 2 rings (SSSR count). The summed E-state index contributed by atoms with van der Waals surface area (Å²) >= 11 is 6.07. The number of aryl methyl sites for hydroxylation is 2. The summed E-state index contributed by atoms with van der Waals surface area (Å²) in [5.41, 5.74) is 3.06. The van der Waals surface area contributed by atoms with Gasteiger partial charge in [-0.2, -0.15) is 0 Å². The van der Waals surface area contributed by atoms with E-state index in [4.69, 9.17) is 11.6 Å². The van der Waals surface area contributed by atoms with Gasteiger partial charge in [0.25, 0.3) is 5.91 Å². The van der Waals surface area contributed by atoms with Gasteiger partial charge < -0.3 is 5.32 Å². The maximum absolute atomic E-state index is 12.5. The van der Waals surface area contributed by atoms with Gasteiger partial charge in [0.1, 0.15) is 0 Å². The summed E-state index contributed by atoms with van der Waals surface area (Å²) in [5.74, 6) is -0.399. The lowest BCUT2D eigenvalue weighted by Crippen LogP contribution is -2.15. The average Bonchev–Trinajstić information content (AvgIpc) is 2.43. The molecule has 2 N–H and O–H groups in total. The van der Waals surface area contributed by atoms with Crippen LogP contribution in [-0.4, -0.2) is 20.6 Å². The minimum atomic E-state index is -3.43. The number of anilines is 2. The highest BCUT2D eigenvalue weighted by Crippen LogP contribution is 2.25. The molecule has 0 aromatic heterocycles. The van der Waals surface area contributed by atoms with Gasteiger partial charge in [-0.15, -0.1) is 0 Å². The van der Waals surface area contributed by atoms with Crippen molar-refractivity contribution in [1.29, 1.82) is 0 Å². The van der Waals surface area contributed by atoms with Gasteiger partial charge in [-0.1, -0.05) is 29.8 Å². The zero-order valence-corrected chi connectivity index (χ0v) is 14.5. The molecule has 7 heteroatoms. The van der Waals surface area contributed by atoms with Crippen molar-refractivity contribution in [2.75, 3.05) is 16.3 Å². The van der Waals surface area contributed by atoms with Crippen LogP contribution in [-0.2, 0) is 10.0 Å². The fraction of sp³-hybridized carbons (Fsp3) is 0.188. The zero-order valence-electron chi connectivity index (χ0n) is 13.0. The van der Waals surface area contributed by atoms with E-state index in [1.54, 1.807) is 0 Å². The molecule has 0 heterocycles. The zero-order chi connectivity index (χ0) is 17.2. The SMILES string of the molecule is Cc1cccc(C)c1NC(=O)c1cc(NS(C)(=O)=O)ccc1Cl. The number of hydrogen-bond acceptors (Lipinski definition) is 3. The van der Waals surface area contributed by atoms with E-state index in [1.165, 1.54) is 18.2 Å². The Balaban J connectivity index is 2.34. The molecule has 0 fully saturated rings. The molecule has 1 amide bonds. The standard InChI is InChI=1S/C16H17ClN2O3S/c1-10-5-4-6-11(2)15(10)18-16(20)13-9-12(7-8-14(13)17)19-23(3,21)22/h4-9,19H,1-3H3,(H,18,20). The molecule has 0 unspecified atom stereocenters. The molecule has 0 aliphatic heterocycles. The lowest BCUT2D eigenvalue weighted by Gasteiger charge is -2.13. The van der Waals surface area contributed by atoms with Crippen LogP contribution in [0.2, 0.25) is 5.02 Å². The van der Waals surface area contributed by atoms with Crippen LogP contribution in [0.4, 0.5) is 11.4 Å². The molecule has 122 valence electrons. The van der Waals surface area contributed by atoms with Gasteiger partial charge in [0, 0.05) is 11.4 Å². The molecule has 2 aromatic carbocycles. The molecule has 0 saturated heterocycles. The van der Waals surface area contributed by atoms with Crippen molar-refractivity contribution in [2.24, 2.45) is 0 Å². The van der Waals surface area contributed by atoms with E-state index in [0.717, 1.165) is 23.1 Å². The van der Waals surface area contributed by atoms with Gasteiger partial charge >= 0.3 is 0 Å². The lowest BCUT2D eigenvalue weighted by atomic mass is 10.1. The third kappa shape index (κ3) is 4.46. The molecule has 0 atom stereocenters. The Bertz CT molecular complexity index is 843. The van der Waals surface area contributed by atoms with Gasteiger partial charge in [0.15, 0.2) is 0 Å². The number of halogens is 1. The van der Waals surface area contributed by atoms with E-state index < -0.39 is 15.9 Å². The number of hydrogen-bond donors (Lipinski definition) is 2. The van der Waals surface area contributed by atoms with Crippen molar-refractivity contribution in [3.05, 3.63) is 58.1 Å². The van der Waals surface area contributed by atoms with Gasteiger partial charge in [-0.05, 0) is 43.2 Å². The summed E-state index contributed by atoms with van der Waals surface area (Å²) in [7, 11) is -3.43. The number of sulfonamides is 1. The number of para-hydroxylation sites is 1. The Morgan fingerprint density at radius 1 is 1.09 bits per heavy atom. The van der Waals surface area contributed by atoms with Crippen LogP contribution in [0.5, 0.6) is 0 Å². The predicted octanol–water partition coefficient (Wildman–Crippen LogP) is 3.58. The van der Waals surface area contributed by atoms with E-state index in [2.05, 4.69) is 10.0 Å². The minimum Gasteiger partial charge on any atom is -0.321 e. The first-order valence-electron chi connectivity index (χ1n) is 6.82. The molecule has 2 aromatic rings. The summed E-state index contributed by atoms with van der Waals surface area (Å²) in [5, 5.41) is 3.07. The topological polar surface area (TPSA) is 75.3 Å². The van der Waals surface area contributed by atoms with Crippen LogP contribution in [0, 0.1) is 13.8 Å². The minimum absolute atomic E-state index is 0.197. The largest absolute Gasteiger partial charge is 0.321 e. The quantitative estimate of drug-likeness (QED) is 0.883. The molecular weight excluding hydrogens is 336 g/mol. The highest BCUT2D eigenvalue weighted by atomic mass is 35.5. The van der Waals surface area contributed by atoms with Crippen LogP contribution in [0.25, 0.3) is 0 Å². The van der Waals surface area contributed by atoms with E-state index in [1.807, 2.05) is 32.0 Å². The Hall–Kier alpha value is -2.05. The van der Waals surface area contributed by atoms with Crippen LogP contribution in [0.1, 0.15) is 21.5 Å². The first-order chi connectivity index (χ1) is 10.7. The van der Waals surface area contributed by atoms with Gasteiger partial charge in [0.2, 0.25) is 10.0 Å². The van der Waals surface area contributed by atoms with E-state index >= 15 is 0 Å². The highest BCUT2D eigenvalue weighted by molar-refractivity contribution is 7.92. The normalized spacial score (nSPS) is 11.1. The van der Waals surface area contributed by atoms with Crippen molar-refractivity contribution in [3.63, 3.8) is 0 Å². The van der Waals surface area contributed by atoms with Crippen molar-refractivity contribution >= 4 is 38.9 Å². The van der Waals surface area contributed by atoms with E-state index in [9.17, 15) is 13.2 Å². The van der Waals surface area contributed by atoms with Crippen molar-refractivity contribution in [1.82, 2.24) is 0 Å². The lowest BCUT2D eigenvalue weighted by molar-refractivity contribution is 0.102. The number of benzene rings is 2. The second-order valence-corrected chi connectivity index (χ2v) is 7.45. The van der Waals surface area contributed by atoms with Crippen molar-refractivity contribution in [2.45, 2.75) is 13.8 Å². The van der Waals surface area contributed by atoms with E-state index in [-0.39, 0.29) is 16.3 Å². The Morgan fingerprint density at radius 2 is 1.70 bits per heavy atom. The molecule has 0 spiro atoms. The Labute approximate surface area is 140 Å². The number of rotatable bonds is 4. The predicted molar refractivity (Wildman–Crippen MR) is 93.8 cm³/mol. The summed E-state index contributed by atoms with van der Waals surface area (Å²) in [6.45, 7) is 3.79. The van der Waals surface area contributed by atoms with Crippen LogP contribution >= 0.6 is 11.6 Å². The summed E-state index contributed by atoms with van der Waals surface area (Å²) < 4.78 is 24.9. The summed E-state index contributed by atoms with van der Waals surface area (Å²) in [6, 6.07) is 10.1. The third-order valence-electron chi connectivity index (χ3n) is 3.23. The molecule has 5 nitrogen and oxygen atoms in total. The third-order valence-corrected chi connectivity index (χ3v) is 4.17. The maximum Gasteiger partial charge on any atom is 0.257 e. The molecule has 23 heavy (non-hydrogen) atoms. The van der Waals surface area contributed by atoms with Crippen molar-refractivity contribution < 1.29 is 13.2 Å². The summed E-state index contributed by atoms with van der Waals surface area (Å²) in [4.78, 5) is 12.5. The average molecular weight is 353 g/mol. The molecule has 0 saturated carbocycles. The second kappa shape index (κ2) is 6.60. The van der Waals surface area contributed by atoms with E-state index in [0.29, 0.717) is 0 Å². The van der Waals surface area contributed by atoms with Crippen LogP contribution in [0.15, 0.2) is 36.4 Å². The summed E-state index contributed by atoms with van der Waals surface area (Å²) in [6.07, 6.45) is 1.04. The molecule has 0 aliphatic carbocycles. The van der Waals surface area contributed by atoms with Gasteiger partial charge in [-0.3, -0.25) is 9.52 Å². The molecule has 0 bridgehead atoms. The fourth-order valence-electron chi connectivity index (χ4n) is 2.17. The van der Waals surface area contributed by atoms with Crippen LogP contribution < -0.4 is 10.0 Å². The maximum atomic E-state index is 12.5. The molecular formula is C16H17ClN2O3S. The monoisotopic (exact) mass is 352 g/mol. The van der Waals surface area contributed by atoms with Crippen molar-refractivity contribution in [3.8, 4) is 0 Å². The number of carbonyl (C=O) groups excluding carboxylic acids is 1.